The Labute approximate surface area is 116 Å². The summed E-state index contributed by atoms with van der Waals surface area (Å²) in [6, 6.07) is 3.62. The highest BCUT2D eigenvalue weighted by Crippen LogP contribution is 2.21. The van der Waals surface area contributed by atoms with Crippen molar-refractivity contribution in [1.82, 2.24) is 4.72 Å². The molecule has 0 heterocycles. The highest BCUT2D eigenvalue weighted by atomic mass is 32.2. The lowest BCUT2D eigenvalue weighted by molar-refractivity contribution is 0.0987. The molecule has 1 atom stereocenters. The first kappa shape index (κ1) is 16.4. The molecule has 112 valence electrons. The van der Waals surface area contributed by atoms with Gasteiger partial charge < -0.3 is 20.7 Å². The maximum atomic E-state index is 11.9. The summed E-state index contributed by atoms with van der Waals surface area (Å²) in [5, 5.41) is 17.7. The van der Waals surface area contributed by atoms with Gasteiger partial charge in [-0.1, -0.05) is 0 Å². The van der Waals surface area contributed by atoms with Crippen LogP contribution in [0.4, 0.5) is 0 Å². The Morgan fingerprint density at radius 1 is 1.50 bits per heavy atom. The van der Waals surface area contributed by atoms with Crippen molar-refractivity contribution in [2.75, 3.05) is 20.3 Å². The number of aliphatic hydroxyl groups is 2. The van der Waals surface area contributed by atoms with Crippen LogP contribution in [0.2, 0.25) is 0 Å². The third-order valence-corrected chi connectivity index (χ3v) is 3.89. The zero-order valence-electron chi connectivity index (χ0n) is 10.7. The van der Waals surface area contributed by atoms with Crippen LogP contribution in [0.5, 0.6) is 5.75 Å². The van der Waals surface area contributed by atoms with E-state index in [0.717, 1.165) is 6.07 Å². The molecule has 5 N–H and O–H groups in total. The van der Waals surface area contributed by atoms with E-state index in [1.165, 1.54) is 19.2 Å². The Morgan fingerprint density at radius 3 is 2.65 bits per heavy atom. The largest absolute Gasteiger partial charge is 0.496 e. The summed E-state index contributed by atoms with van der Waals surface area (Å²) < 4.78 is 30.9. The Bertz CT molecular complexity index is 587. The summed E-state index contributed by atoms with van der Waals surface area (Å²) in [6.07, 6.45) is -1.21. The van der Waals surface area contributed by atoms with E-state index in [4.69, 9.17) is 20.7 Å². The second-order valence-corrected chi connectivity index (χ2v) is 5.68. The third-order valence-electron chi connectivity index (χ3n) is 2.47. The van der Waals surface area contributed by atoms with Crippen molar-refractivity contribution >= 4 is 15.9 Å². The number of amides is 1. The van der Waals surface area contributed by atoms with Gasteiger partial charge in [0.15, 0.2) is 0 Å². The van der Waals surface area contributed by atoms with Crippen molar-refractivity contribution in [2.45, 2.75) is 11.0 Å². The topological polar surface area (TPSA) is 139 Å². The van der Waals surface area contributed by atoms with Crippen LogP contribution < -0.4 is 15.2 Å². The highest BCUT2D eigenvalue weighted by Gasteiger charge is 2.19. The Balaban J connectivity index is 3.07. The van der Waals surface area contributed by atoms with Crippen molar-refractivity contribution in [1.29, 1.82) is 0 Å². The number of primary amides is 1. The summed E-state index contributed by atoms with van der Waals surface area (Å²) in [5.74, 6) is -0.666. The number of ether oxygens (including phenoxy) is 1. The summed E-state index contributed by atoms with van der Waals surface area (Å²) >= 11 is 0. The summed E-state index contributed by atoms with van der Waals surface area (Å²) in [5.41, 5.74) is 5.07. The fraction of sp³-hybridized carbons (Fsp3) is 0.364. The van der Waals surface area contributed by atoms with E-state index < -0.39 is 28.6 Å². The number of nitrogens with one attached hydrogen (secondary N) is 1. The van der Waals surface area contributed by atoms with Gasteiger partial charge in [-0.15, -0.1) is 0 Å². The van der Waals surface area contributed by atoms with Gasteiger partial charge in [0.1, 0.15) is 5.75 Å². The number of rotatable bonds is 7. The van der Waals surface area contributed by atoms with E-state index in [9.17, 15) is 13.2 Å². The molecule has 9 heteroatoms. The number of methoxy groups -OCH3 is 1. The average Bonchev–Trinajstić information content (AvgIpc) is 2.43. The van der Waals surface area contributed by atoms with Gasteiger partial charge in [0.25, 0.3) is 5.91 Å². The molecule has 20 heavy (non-hydrogen) atoms. The SMILES string of the molecule is COc1ccc(S(=O)(=O)NCC(O)CO)cc1C(N)=O. The molecule has 8 nitrogen and oxygen atoms in total. The molecule has 1 rings (SSSR count). The van der Waals surface area contributed by atoms with Gasteiger partial charge in [0.05, 0.1) is 30.3 Å². The normalized spacial score (nSPS) is 12.9. The molecular weight excluding hydrogens is 288 g/mol. The van der Waals surface area contributed by atoms with Gasteiger partial charge in [-0.05, 0) is 18.2 Å². The second-order valence-electron chi connectivity index (χ2n) is 3.91. The first-order valence-electron chi connectivity index (χ1n) is 5.58. The van der Waals surface area contributed by atoms with Crippen LogP contribution in [0.25, 0.3) is 0 Å². The van der Waals surface area contributed by atoms with Crippen LogP contribution >= 0.6 is 0 Å². The first-order valence-corrected chi connectivity index (χ1v) is 7.06. The molecule has 0 saturated carbocycles. The second kappa shape index (κ2) is 6.66. The molecule has 0 spiro atoms. The lowest BCUT2D eigenvalue weighted by Gasteiger charge is -2.11. The number of nitrogens with two attached hydrogens (primary N) is 1. The molecule has 0 radical (unpaired) electrons. The van der Waals surface area contributed by atoms with Gasteiger partial charge in [0.2, 0.25) is 10.0 Å². The number of aliphatic hydroxyl groups excluding tert-OH is 2. The predicted octanol–water partition coefficient (Wildman–Crippen LogP) is -1.57. The van der Waals surface area contributed by atoms with E-state index in [1.54, 1.807) is 0 Å². The van der Waals surface area contributed by atoms with E-state index in [1.807, 2.05) is 0 Å². The van der Waals surface area contributed by atoms with Gasteiger partial charge >= 0.3 is 0 Å². The van der Waals surface area contributed by atoms with Gasteiger partial charge in [-0.3, -0.25) is 4.79 Å². The van der Waals surface area contributed by atoms with Crippen molar-refractivity contribution in [3.8, 4) is 5.75 Å². The number of benzene rings is 1. The molecule has 0 aliphatic heterocycles. The molecule has 1 amide bonds. The lowest BCUT2D eigenvalue weighted by atomic mass is 10.2. The molecule has 0 saturated heterocycles. The zero-order chi connectivity index (χ0) is 15.3. The fourth-order valence-corrected chi connectivity index (χ4v) is 2.50. The quantitative estimate of drug-likeness (QED) is 0.480. The molecular formula is C11H16N2O6S. The van der Waals surface area contributed by atoms with E-state index in [-0.39, 0.29) is 22.8 Å². The van der Waals surface area contributed by atoms with Gasteiger partial charge in [-0.25, -0.2) is 13.1 Å². The summed E-state index contributed by atoms with van der Waals surface area (Å²) in [6.45, 7) is -0.922. The van der Waals surface area contributed by atoms with Crippen molar-refractivity contribution in [3.05, 3.63) is 23.8 Å². The van der Waals surface area contributed by atoms with Crippen LogP contribution in [0, 0.1) is 0 Å². The van der Waals surface area contributed by atoms with Crippen LogP contribution in [0.1, 0.15) is 10.4 Å². The molecule has 0 fully saturated rings. The van der Waals surface area contributed by atoms with Crippen LogP contribution in [0.15, 0.2) is 23.1 Å². The number of hydrogen-bond acceptors (Lipinski definition) is 6. The van der Waals surface area contributed by atoms with Crippen LogP contribution in [-0.2, 0) is 10.0 Å². The van der Waals surface area contributed by atoms with Gasteiger partial charge in [0, 0.05) is 6.54 Å². The minimum absolute atomic E-state index is 0.0712. The molecule has 0 aromatic heterocycles. The third kappa shape index (κ3) is 3.90. The Kier molecular flexibility index (Phi) is 5.45. The molecule has 1 unspecified atom stereocenters. The maximum Gasteiger partial charge on any atom is 0.252 e. The lowest BCUT2D eigenvalue weighted by Crippen LogP contribution is -2.34. The van der Waals surface area contributed by atoms with E-state index >= 15 is 0 Å². The Morgan fingerprint density at radius 2 is 2.15 bits per heavy atom. The fourth-order valence-electron chi connectivity index (χ4n) is 1.40. The van der Waals surface area contributed by atoms with Crippen molar-refractivity contribution < 1.29 is 28.2 Å². The summed E-state index contributed by atoms with van der Waals surface area (Å²) in [7, 11) is -2.61. The maximum absolute atomic E-state index is 11.9. The smallest absolute Gasteiger partial charge is 0.252 e. The number of carbonyl (C=O) groups excluding carboxylic acids is 1. The van der Waals surface area contributed by atoms with Gasteiger partial charge in [-0.2, -0.15) is 0 Å². The van der Waals surface area contributed by atoms with E-state index in [0.29, 0.717) is 0 Å². The number of sulfonamides is 1. The molecule has 1 aromatic carbocycles. The molecule has 0 aliphatic carbocycles. The molecule has 0 bridgehead atoms. The predicted molar refractivity (Wildman–Crippen MR) is 69.8 cm³/mol. The molecule has 0 aliphatic rings. The highest BCUT2D eigenvalue weighted by molar-refractivity contribution is 7.89. The monoisotopic (exact) mass is 304 g/mol. The number of hydrogen-bond donors (Lipinski definition) is 4. The standard InChI is InChI=1S/C11H16N2O6S/c1-19-10-3-2-8(4-9(10)11(12)16)20(17,18)13-5-7(15)6-14/h2-4,7,13-15H,5-6H2,1H3,(H2,12,16). The Hall–Kier alpha value is -1.68. The first-order chi connectivity index (χ1) is 9.31. The number of carbonyl (C=O) groups is 1. The van der Waals surface area contributed by atoms with E-state index in [2.05, 4.69) is 4.72 Å². The van der Waals surface area contributed by atoms with Crippen LogP contribution in [-0.4, -0.2) is 50.9 Å². The van der Waals surface area contributed by atoms with Crippen molar-refractivity contribution in [2.24, 2.45) is 5.73 Å². The summed E-state index contributed by atoms with van der Waals surface area (Å²) in [4.78, 5) is 11.0. The minimum atomic E-state index is -3.93. The average molecular weight is 304 g/mol. The minimum Gasteiger partial charge on any atom is -0.496 e. The molecule has 1 aromatic rings. The van der Waals surface area contributed by atoms with Crippen molar-refractivity contribution in [3.63, 3.8) is 0 Å². The van der Waals surface area contributed by atoms with Crippen LogP contribution in [0.3, 0.4) is 0 Å². The zero-order valence-corrected chi connectivity index (χ0v) is 11.6.